The monoisotopic (exact) mass is 414 g/mol. The van der Waals surface area contributed by atoms with Gasteiger partial charge in [-0.3, -0.25) is 9.79 Å². The van der Waals surface area contributed by atoms with Gasteiger partial charge in [-0.1, -0.05) is 30.3 Å². The van der Waals surface area contributed by atoms with Crippen molar-refractivity contribution in [2.24, 2.45) is 4.99 Å². The maximum absolute atomic E-state index is 13.5. The number of nitrogens with zero attached hydrogens (tertiary/aromatic N) is 2. The summed E-state index contributed by atoms with van der Waals surface area (Å²) in [6, 6.07) is 16.8. The molecule has 2 aliphatic carbocycles. The topological polar surface area (TPSA) is 41.9 Å². The fourth-order valence-corrected chi connectivity index (χ4v) is 4.82. The van der Waals surface area contributed by atoms with Crippen LogP contribution in [0.5, 0.6) is 5.75 Å². The summed E-state index contributed by atoms with van der Waals surface area (Å²) in [4.78, 5) is 20.1. The van der Waals surface area contributed by atoms with Crippen molar-refractivity contribution in [3.05, 3.63) is 65.2 Å². The third kappa shape index (κ3) is 4.16. The largest absolute Gasteiger partial charge is 0.490 e. The van der Waals surface area contributed by atoms with E-state index in [-0.39, 0.29) is 12.0 Å². The summed E-state index contributed by atoms with van der Waals surface area (Å²) in [5.74, 6) is 1.05. The van der Waals surface area contributed by atoms with Crippen LogP contribution >= 0.6 is 0 Å². The molecule has 1 saturated carbocycles. The van der Waals surface area contributed by atoms with E-state index >= 15 is 0 Å². The summed E-state index contributed by atoms with van der Waals surface area (Å²) in [5, 5.41) is 0. The molecule has 2 aromatic carbocycles. The van der Waals surface area contributed by atoms with Gasteiger partial charge < -0.3 is 9.64 Å². The minimum atomic E-state index is 0.116. The molecular formula is C27H30N2O2. The van der Waals surface area contributed by atoms with E-state index in [1.165, 1.54) is 11.1 Å². The van der Waals surface area contributed by atoms with Crippen LogP contribution in [0, 0.1) is 0 Å². The average Bonchev–Trinajstić information content (AvgIpc) is 3.49. The van der Waals surface area contributed by atoms with Crippen molar-refractivity contribution in [3.63, 3.8) is 0 Å². The van der Waals surface area contributed by atoms with E-state index in [0.29, 0.717) is 12.1 Å². The maximum atomic E-state index is 13.5. The van der Waals surface area contributed by atoms with E-state index < -0.39 is 0 Å². The Morgan fingerprint density at radius 3 is 2.55 bits per heavy atom. The zero-order valence-electron chi connectivity index (χ0n) is 18.4. The Balaban J connectivity index is 1.37. The molecule has 1 atom stereocenters. The average molecular weight is 415 g/mol. The third-order valence-corrected chi connectivity index (χ3v) is 6.48. The van der Waals surface area contributed by atoms with Crippen molar-refractivity contribution < 1.29 is 9.53 Å². The van der Waals surface area contributed by atoms with Gasteiger partial charge in [0.25, 0.3) is 5.91 Å². The summed E-state index contributed by atoms with van der Waals surface area (Å²) in [6.45, 7) is 4.93. The number of carbonyl (C=O) groups is 1. The smallest absolute Gasteiger partial charge is 0.254 e. The van der Waals surface area contributed by atoms with Crippen molar-refractivity contribution in [1.82, 2.24) is 4.90 Å². The third-order valence-electron chi connectivity index (χ3n) is 6.48. The van der Waals surface area contributed by atoms with Crippen LogP contribution in [0.15, 0.2) is 64.7 Å². The molecule has 31 heavy (non-hydrogen) atoms. The SMILES string of the molecule is CC(C)Oc1ccccc1-c1ccc(C(=O)N(C2CC2)C2CCC3=C(C=NC3)C2)cc1. The van der Waals surface area contributed by atoms with Crippen LogP contribution in [-0.4, -0.2) is 41.8 Å². The van der Waals surface area contributed by atoms with Crippen LogP contribution in [0.4, 0.5) is 0 Å². The van der Waals surface area contributed by atoms with E-state index in [2.05, 4.69) is 16.0 Å². The van der Waals surface area contributed by atoms with Gasteiger partial charge in [0.05, 0.1) is 12.6 Å². The van der Waals surface area contributed by atoms with E-state index in [4.69, 9.17) is 4.74 Å². The Kier molecular flexibility index (Phi) is 5.39. The predicted octanol–water partition coefficient (Wildman–Crippen LogP) is 5.68. The molecule has 1 fully saturated rings. The first-order valence-corrected chi connectivity index (χ1v) is 11.5. The molecule has 5 rings (SSSR count). The molecule has 0 bridgehead atoms. The molecule has 0 spiro atoms. The van der Waals surface area contributed by atoms with Gasteiger partial charge in [0, 0.05) is 29.4 Å². The maximum Gasteiger partial charge on any atom is 0.254 e. The van der Waals surface area contributed by atoms with Gasteiger partial charge in [0.1, 0.15) is 5.75 Å². The van der Waals surface area contributed by atoms with Crippen molar-refractivity contribution in [1.29, 1.82) is 0 Å². The van der Waals surface area contributed by atoms with E-state index in [1.54, 1.807) is 0 Å². The highest BCUT2D eigenvalue weighted by Gasteiger charge is 2.39. The Hall–Kier alpha value is -2.88. The van der Waals surface area contributed by atoms with Gasteiger partial charge in [-0.15, -0.1) is 0 Å². The van der Waals surface area contributed by atoms with Crippen LogP contribution in [-0.2, 0) is 0 Å². The van der Waals surface area contributed by atoms with Crippen LogP contribution < -0.4 is 4.74 Å². The highest BCUT2D eigenvalue weighted by molar-refractivity contribution is 5.95. The van der Waals surface area contributed by atoms with Gasteiger partial charge in [0.15, 0.2) is 0 Å². The van der Waals surface area contributed by atoms with Gasteiger partial charge in [-0.25, -0.2) is 0 Å². The molecule has 1 heterocycles. The number of hydrogen-bond donors (Lipinski definition) is 0. The molecule has 2 aromatic rings. The molecule has 160 valence electrons. The first-order valence-electron chi connectivity index (χ1n) is 11.5. The fraction of sp³-hybridized carbons (Fsp3) is 0.407. The standard InChI is InChI=1S/C27H30N2O2/c1-18(2)31-26-6-4-3-5-25(26)19-7-9-20(10-8-19)27(30)29(23-13-14-23)24-12-11-21-16-28-17-22(21)15-24/h3-10,17-18,23-24H,11-16H2,1-2H3. The number of rotatable bonds is 6. The zero-order valence-corrected chi connectivity index (χ0v) is 18.4. The van der Waals surface area contributed by atoms with Crippen molar-refractivity contribution in [2.45, 2.75) is 64.1 Å². The molecule has 0 saturated heterocycles. The quantitative estimate of drug-likeness (QED) is 0.610. The Morgan fingerprint density at radius 1 is 1.03 bits per heavy atom. The summed E-state index contributed by atoms with van der Waals surface area (Å²) in [6.07, 6.45) is 7.48. The summed E-state index contributed by atoms with van der Waals surface area (Å²) < 4.78 is 5.98. The lowest BCUT2D eigenvalue weighted by Crippen LogP contribution is -2.43. The van der Waals surface area contributed by atoms with Crippen molar-refractivity contribution >= 4 is 12.1 Å². The zero-order chi connectivity index (χ0) is 21.4. The minimum absolute atomic E-state index is 0.116. The van der Waals surface area contributed by atoms with Crippen LogP contribution in [0.3, 0.4) is 0 Å². The Morgan fingerprint density at radius 2 is 1.81 bits per heavy atom. The molecule has 1 aliphatic heterocycles. The number of para-hydroxylation sites is 1. The van der Waals surface area contributed by atoms with Crippen molar-refractivity contribution in [2.75, 3.05) is 6.54 Å². The molecule has 4 heteroatoms. The molecule has 1 amide bonds. The number of aliphatic imine (C=N–C) groups is 1. The number of benzene rings is 2. The van der Waals surface area contributed by atoms with Gasteiger partial charge >= 0.3 is 0 Å². The lowest BCUT2D eigenvalue weighted by Gasteiger charge is -2.35. The van der Waals surface area contributed by atoms with Crippen molar-refractivity contribution in [3.8, 4) is 16.9 Å². The molecule has 0 N–H and O–H groups in total. The van der Waals surface area contributed by atoms with Gasteiger partial charge in [-0.05, 0) is 80.9 Å². The highest BCUT2D eigenvalue weighted by atomic mass is 16.5. The molecule has 1 unspecified atom stereocenters. The van der Waals surface area contributed by atoms with E-state index in [1.807, 2.05) is 62.5 Å². The molecule has 0 radical (unpaired) electrons. The van der Waals surface area contributed by atoms with E-state index in [0.717, 1.165) is 61.1 Å². The number of amides is 1. The van der Waals surface area contributed by atoms with Crippen LogP contribution in [0.25, 0.3) is 11.1 Å². The van der Waals surface area contributed by atoms with Gasteiger partial charge in [0.2, 0.25) is 0 Å². The lowest BCUT2D eigenvalue weighted by atomic mass is 9.88. The molecule has 3 aliphatic rings. The first-order chi connectivity index (χ1) is 15.1. The minimum Gasteiger partial charge on any atom is -0.490 e. The number of hydrogen-bond acceptors (Lipinski definition) is 3. The second-order valence-electron chi connectivity index (χ2n) is 9.18. The highest BCUT2D eigenvalue weighted by Crippen LogP contribution is 2.38. The van der Waals surface area contributed by atoms with Gasteiger partial charge in [-0.2, -0.15) is 0 Å². The lowest BCUT2D eigenvalue weighted by molar-refractivity contribution is 0.0645. The summed E-state index contributed by atoms with van der Waals surface area (Å²) >= 11 is 0. The second kappa shape index (κ2) is 8.33. The summed E-state index contributed by atoms with van der Waals surface area (Å²) in [5.41, 5.74) is 5.75. The Bertz CT molecular complexity index is 1030. The predicted molar refractivity (Wildman–Crippen MR) is 125 cm³/mol. The number of ether oxygens (including phenoxy) is 1. The summed E-state index contributed by atoms with van der Waals surface area (Å²) in [7, 11) is 0. The molecule has 0 aromatic heterocycles. The van der Waals surface area contributed by atoms with E-state index in [9.17, 15) is 4.79 Å². The second-order valence-corrected chi connectivity index (χ2v) is 9.18. The number of carbonyl (C=O) groups excluding carboxylic acids is 1. The van der Waals surface area contributed by atoms with Crippen LogP contribution in [0.1, 0.15) is 56.3 Å². The normalized spacial score (nSPS) is 20.2. The first kappa shape index (κ1) is 20.0. The molecular weight excluding hydrogens is 384 g/mol. The Labute approximate surface area is 184 Å². The van der Waals surface area contributed by atoms with Crippen LogP contribution in [0.2, 0.25) is 0 Å². The molecule has 4 nitrogen and oxygen atoms in total. The fourth-order valence-electron chi connectivity index (χ4n) is 4.82.